The Balaban J connectivity index is 1.92. The first kappa shape index (κ1) is 13.4. The van der Waals surface area contributed by atoms with Gasteiger partial charge >= 0.3 is 5.69 Å². The summed E-state index contributed by atoms with van der Waals surface area (Å²) in [6, 6.07) is 0. The molecule has 3 rings (SSSR count). The van der Waals surface area contributed by atoms with Gasteiger partial charge in [-0.05, 0) is 18.8 Å². The van der Waals surface area contributed by atoms with E-state index >= 15 is 0 Å². The highest BCUT2D eigenvalue weighted by Gasteiger charge is 2.54. The number of hydrogen-bond acceptors (Lipinski definition) is 5. The molecule has 0 aromatic carbocycles. The lowest BCUT2D eigenvalue weighted by molar-refractivity contribution is -0.385. The first-order valence-corrected chi connectivity index (χ1v) is 7.02. The number of hydrogen-bond donors (Lipinski definition) is 1. The smallest absolute Gasteiger partial charge is 0.334 e. The predicted molar refractivity (Wildman–Crippen MR) is 73.8 cm³/mol. The zero-order chi connectivity index (χ0) is 14.7. The molecule has 1 aromatic rings. The summed E-state index contributed by atoms with van der Waals surface area (Å²) < 4.78 is 1.57. The van der Waals surface area contributed by atoms with Gasteiger partial charge in [0.05, 0.1) is 18.0 Å². The van der Waals surface area contributed by atoms with Crippen molar-refractivity contribution in [2.45, 2.75) is 38.2 Å². The van der Waals surface area contributed by atoms with E-state index in [0.29, 0.717) is 30.5 Å². The molecule has 1 saturated heterocycles. The molecule has 1 aromatic heterocycles. The Hall–Kier alpha value is -1.63. The topological polar surface area (TPSA) is 84.4 Å². The van der Waals surface area contributed by atoms with Gasteiger partial charge in [0.25, 0.3) is 0 Å². The summed E-state index contributed by atoms with van der Waals surface area (Å²) in [6.07, 6.45) is 2.13. The van der Waals surface area contributed by atoms with E-state index in [-0.39, 0.29) is 16.5 Å². The summed E-state index contributed by atoms with van der Waals surface area (Å²) in [7, 11) is 1.72. The van der Waals surface area contributed by atoms with Crippen molar-refractivity contribution in [3.63, 3.8) is 0 Å². The molecular formula is C13H20N4O3. The van der Waals surface area contributed by atoms with E-state index in [4.69, 9.17) is 0 Å². The van der Waals surface area contributed by atoms with Gasteiger partial charge in [0.1, 0.15) is 11.3 Å². The van der Waals surface area contributed by atoms with Crippen molar-refractivity contribution in [3.05, 3.63) is 15.8 Å². The second kappa shape index (κ2) is 4.18. The van der Waals surface area contributed by atoms with Crippen molar-refractivity contribution in [1.29, 1.82) is 0 Å². The average molecular weight is 280 g/mol. The lowest BCUT2D eigenvalue weighted by Gasteiger charge is -2.47. The Bertz CT molecular complexity index is 556. The standard InChI is InChI=1S/C13H20N4O3/c1-8(2)10-11(17(19)20)12(15(3)14-10)16-6-13(18,7-16)9-4-5-9/h8-9,18H,4-7H2,1-3H3. The van der Waals surface area contributed by atoms with E-state index in [1.54, 1.807) is 11.7 Å². The molecule has 7 heteroatoms. The Morgan fingerprint density at radius 2 is 2.05 bits per heavy atom. The van der Waals surface area contributed by atoms with Crippen LogP contribution in [0.25, 0.3) is 0 Å². The molecule has 2 aliphatic rings. The number of nitrogens with zero attached hydrogens (tertiary/aromatic N) is 4. The molecule has 2 fully saturated rings. The van der Waals surface area contributed by atoms with Crippen LogP contribution in [0.15, 0.2) is 0 Å². The molecule has 0 bridgehead atoms. The van der Waals surface area contributed by atoms with Crippen molar-refractivity contribution >= 4 is 11.5 Å². The highest BCUT2D eigenvalue weighted by atomic mass is 16.6. The quantitative estimate of drug-likeness (QED) is 0.666. The summed E-state index contributed by atoms with van der Waals surface area (Å²) in [5.41, 5.74) is -0.0643. The van der Waals surface area contributed by atoms with Crippen LogP contribution in [0.4, 0.5) is 11.5 Å². The van der Waals surface area contributed by atoms with Gasteiger partial charge in [-0.3, -0.25) is 10.1 Å². The largest absolute Gasteiger partial charge is 0.386 e. The SMILES string of the molecule is CC(C)c1nn(C)c(N2CC(O)(C3CC3)C2)c1[N+](=O)[O-]. The predicted octanol–water partition coefficient (Wildman–Crippen LogP) is 1.41. The maximum absolute atomic E-state index is 11.4. The van der Waals surface area contributed by atoms with Crippen LogP contribution in [0, 0.1) is 16.0 Å². The Morgan fingerprint density at radius 1 is 1.45 bits per heavy atom. The minimum Gasteiger partial charge on any atom is -0.386 e. The summed E-state index contributed by atoms with van der Waals surface area (Å²) in [5, 5.41) is 26.0. The third-order valence-electron chi connectivity index (χ3n) is 4.31. The molecule has 0 spiro atoms. The lowest BCUT2D eigenvalue weighted by Crippen LogP contribution is -2.63. The van der Waals surface area contributed by atoms with E-state index in [9.17, 15) is 15.2 Å². The molecular weight excluding hydrogens is 260 g/mol. The van der Waals surface area contributed by atoms with E-state index in [1.807, 2.05) is 18.7 Å². The molecule has 0 atom stereocenters. The number of anilines is 1. The average Bonchev–Trinajstić information content (AvgIpc) is 3.09. The Morgan fingerprint density at radius 3 is 2.50 bits per heavy atom. The van der Waals surface area contributed by atoms with Gasteiger partial charge in [0.2, 0.25) is 5.82 Å². The van der Waals surface area contributed by atoms with Gasteiger partial charge in [-0.25, -0.2) is 4.68 Å². The highest BCUT2D eigenvalue weighted by Crippen LogP contribution is 2.47. The minimum atomic E-state index is -0.657. The van der Waals surface area contributed by atoms with Crippen molar-refractivity contribution in [3.8, 4) is 0 Å². The van der Waals surface area contributed by atoms with Crippen LogP contribution >= 0.6 is 0 Å². The van der Waals surface area contributed by atoms with Crippen molar-refractivity contribution in [2.24, 2.45) is 13.0 Å². The van der Waals surface area contributed by atoms with Gasteiger partial charge in [0.15, 0.2) is 0 Å². The second-order valence-corrected chi connectivity index (χ2v) is 6.33. The second-order valence-electron chi connectivity index (χ2n) is 6.33. The minimum absolute atomic E-state index is 0.000979. The number of aromatic nitrogens is 2. The van der Waals surface area contributed by atoms with Crippen LogP contribution in [-0.4, -0.2) is 38.5 Å². The fourth-order valence-corrected chi connectivity index (χ4v) is 3.09. The number of aliphatic hydroxyl groups is 1. The van der Waals surface area contributed by atoms with Gasteiger partial charge in [-0.15, -0.1) is 0 Å². The Kier molecular flexibility index (Phi) is 2.79. The summed E-state index contributed by atoms with van der Waals surface area (Å²) in [6.45, 7) is 4.73. The molecule has 110 valence electrons. The van der Waals surface area contributed by atoms with Crippen LogP contribution in [0.2, 0.25) is 0 Å². The van der Waals surface area contributed by atoms with Crippen LogP contribution < -0.4 is 4.90 Å². The van der Waals surface area contributed by atoms with E-state index < -0.39 is 5.60 Å². The number of aryl methyl sites for hydroxylation is 1. The number of β-amino-alcohol motifs (C(OH)–C–C–N with tert-alkyl or cyclic N) is 1. The van der Waals surface area contributed by atoms with Gasteiger partial charge in [-0.1, -0.05) is 13.8 Å². The monoisotopic (exact) mass is 280 g/mol. The van der Waals surface area contributed by atoms with E-state index in [2.05, 4.69) is 5.10 Å². The third-order valence-corrected chi connectivity index (χ3v) is 4.31. The van der Waals surface area contributed by atoms with Crippen LogP contribution in [0.3, 0.4) is 0 Å². The molecule has 2 heterocycles. The van der Waals surface area contributed by atoms with Crippen molar-refractivity contribution < 1.29 is 10.0 Å². The first-order valence-electron chi connectivity index (χ1n) is 7.02. The van der Waals surface area contributed by atoms with E-state index in [0.717, 1.165) is 12.8 Å². The van der Waals surface area contributed by atoms with Gasteiger partial charge in [0, 0.05) is 13.0 Å². The molecule has 0 unspecified atom stereocenters. The maximum atomic E-state index is 11.4. The molecule has 20 heavy (non-hydrogen) atoms. The summed E-state index contributed by atoms with van der Waals surface area (Å²) in [5.74, 6) is 0.888. The van der Waals surface area contributed by atoms with Gasteiger partial charge < -0.3 is 10.0 Å². The number of nitro groups is 1. The zero-order valence-corrected chi connectivity index (χ0v) is 12.0. The first-order chi connectivity index (χ1) is 9.33. The molecule has 1 N–H and O–H groups in total. The molecule has 7 nitrogen and oxygen atoms in total. The normalized spacial score (nSPS) is 21.1. The summed E-state index contributed by atoms with van der Waals surface area (Å²) >= 11 is 0. The summed E-state index contributed by atoms with van der Waals surface area (Å²) in [4.78, 5) is 12.9. The zero-order valence-electron chi connectivity index (χ0n) is 12.0. The highest BCUT2D eigenvalue weighted by molar-refractivity contribution is 5.64. The van der Waals surface area contributed by atoms with Crippen molar-refractivity contribution in [2.75, 3.05) is 18.0 Å². The molecule has 1 saturated carbocycles. The number of rotatable bonds is 4. The fourth-order valence-electron chi connectivity index (χ4n) is 3.09. The van der Waals surface area contributed by atoms with Crippen LogP contribution in [0.5, 0.6) is 0 Å². The van der Waals surface area contributed by atoms with E-state index in [1.165, 1.54) is 0 Å². The molecule has 1 aliphatic carbocycles. The van der Waals surface area contributed by atoms with Gasteiger partial charge in [-0.2, -0.15) is 5.10 Å². The molecule has 1 aliphatic heterocycles. The van der Waals surface area contributed by atoms with Crippen molar-refractivity contribution in [1.82, 2.24) is 9.78 Å². The lowest BCUT2D eigenvalue weighted by atomic mass is 9.88. The maximum Gasteiger partial charge on any atom is 0.334 e. The van der Waals surface area contributed by atoms with Crippen LogP contribution in [-0.2, 0) is 7.05 Å². The molecule has 0 amide bonds. The van der Waals surface area contributed by atoms with Crippen LogP contribution in [0.1, 0.15) is 38.3 Å². The fraction of sp³-hybridized carbons (Fsp3) is 0.769. The third kappa shape index (κ3) is 1.88. The molecule has 0 radical (unpaired) electrons. The Labute approximate surface area is 117 Å².